The molecule has 2 aromatic carbocycles. The Labute approximate surface area is 212 Å². The first-order valence-corrected chi connectivity index (χ1v) is 13.6. The number of fused-ring (bicyclic) bond motifs is 1. The average molecular weight is 477 g/mol. The van der Waals surface area contributed by atoms with E-state index >= 15 is 0 Å². The number of rotatable bonds is 4. The molecule has 35 heavy (non-hydrogen) atoms. The third-order valence-corrected chi connectivity index (χ3v) is 8.13. The van der Waals surface area contributed by atoms with Crippen LogP contribution in [0.4, 0.5) is 0 Å². The molecule has 0 radical (unpaired) electrons. The third kappa shape index (κ3) is 6.67. The molecule has 0 aliphatic carbocycles. The summed E-state index contributed by atoms with van der Waals surface area (Å²) in [6, 6.07) is 15.3. The van der Waals surface area contributed by atoms with Gasteiger partial charge in [0.25, 0.3) is 0 Å². The van der Waals surface area contributed by atoms with E-state index in [0.29, 0.717) is 12.5 Å². The molecule has 0 unspecified atom stereocenters. The summed E-state index contributed by atoms with van der Waals surface area (Å²) >= 11 is 0. The van der Waals surface area contributed by atoms with Crippen molar-refractivity contribution in [3.05, 3.63) is 64.7 Å². The van der Waals surface area contributed by atoms with Crippen molar-refractivity contribution in [1.29, 1.82) is 0 Å². The van der Waals surface area contributed by atoms with Gasteiger partial charge in [-0.15, -0.1) is 0 Å². The maximum atomic E-state index is 13.8. The van der Waals surface area contributed by atoms with Gasteiger partial charge in [0.1, 0.15) is 12.4 Å². The van der Waals surface area contributed by atoms with Gasteiger partial charge in [-0.25, -0.2) is 0 Å². The highest BCUT2D eigenvalue weighted by Crippen LogP contribution is 2.38. The summed E-state index contributed by atoms with van der Waals surface area (Å²) in [5.41, 5.74) is 5.11. The van der Waals surface area contributed by atoms with Crippen molar-refractivity contribution in [2.75, 3.05) is 19.7 Å². The van der Waals surface area contributed by atoms with Gasteiger partial charge in [-0.2, -0.15) is 0 Å². The number of hydrogen-bond acceptors (Lipinski definition) is 3. The van der Waals surface area contributed by atoms with E-state index in [1.54, 1.807) is 0 Å². The van der Waals surface area contributed by atoms with Gasteiger partial charge in [0, 0.05) is 6.54 Å². The molecule has 1 fully saturated rings. The largest absolute Gasteiger partial charge is 0.491 e. The summed E-state index contributed by atoms with van der Waals surface area (Å²) in [6.45, 7) is 12.3. The molecule has 1 spiro atoms. The maximum absolute atomic E-state index is 13.8. The number of benzene rings is 2. The molecule has 1 atom stereocenters. The van der Waals surface area contributed by atoms with Crippen LogP contribution in [0.5, 0.6) is 5.75 Å². The fourth-order valence-corrected chi connectivity index (χ4v) is 5.79. The Balaban J connectivity index is 1.46. The van der Waals surface area contributed by atoms with Crippen molar-refractivity contribution in [2.24, 2.45) is 11.3 Å². The number of nitrogens with one attached hydrogen (secondary N) is 1. The smallest absolute Gasteiger partial charge is 0.226 e. The molecule has 190 valence electrons. The minimum atomic E-state index is -0.256. The molecule has 4 nitrogen and oxygen atoms in total. The van der Waals surface area contributed by atoms with Gasteiger partial charge in [0.05, 0.1) is 11.5 Å². The van der Waals surface area contributed by atoms with E-state index in [1.165, 1.54) is 22.3 Å². The van der Waals surface area contributed by atoms with Crippen LogP contribution in [0.25, 0.3) is 0 Å². The number of para-hydroxylation sites is 1. The van der Waals surface area contributed by atoms with Gasteiger partial charge in [0.2, 0.25) is 5.91 Å². The number of nitrogens with zero attached hydrogens (tertiary/aromatic N) is 1. The van der Waals surface area contributed by atoms with Crippen LogP contribution in [0.1, 0.15) is 74.6 Å². The Morgan fingerprint density at radius 1 is 1.03 bits per heavy atom. The summed E-state index contributed by atoms with van der Waals surface area (Å²) in [4.78, 5) is 16.3. The van der Waals surface area contributed by atoms with Crippen LogP contribution in [0.2, 0.25) is 0 Å². The second-order valence-electron chi connectivity index (χ2n) is 11.4. The molecule has 4 heteroatoms. The zero-order chi connectivity index (χ0) is 24.8. The quantitative estimate of drug-likeness (QED) is 0.569. The first-order chi connectivity index (χ1) is 16.8. The van der Waals surface area contributed by atoms with Gasteiger partial charge in [-0.3, -0.25) is 9.69 Å². The van der Waals surface area contributed by atoms with E-state index in [1.807, 2.05) is 6.07 Å². The maximum Gasteiger partial charge on any atom is 0.226 e. The van der Waals surface area contributed by atoms with Crippen LogP contribution in [0, 0.1) is 25.2 Å². The van der Waals surface area contributed by atoms with Gasteiger partial charge >= 0.3 is 0 Å². The predicted molar refractivity (Wildman–Crippen MR) is 144 cm³/mol. The summed E-state index contributed by atoms with van der Waals surface area (Å²) < 4.78 is 6.28. The molecule has 2 heterocycles. The molecule has 2 aromatic rings. The van der Waals surface area contributed by atoms with Crippen LogP contribution < -0.4 is 10.1 Å². The summed E-state index contributed by atoms with van der Waals surface area (Å²) in [7, 11) is 0. The average Bonchev–Trinajstić information content (AvgIpc) is 2.83. The zero-order valence-electron chi connectivity index (χ0n) is 22.2. The second kappa shape index (κ2) is 11.6. The van der Waals surface area contributed by atoms with Crippen molar-refractivity contribution in [3.63, 3.8) is 0 Å². The number of hydrogen-bond donors (Lipinski definition) is 1. The minimum Gasteiger partial charge on any atom is -0.491 e. The molecule has 0 aromatic heterocycles. The normalized spacial score (nSPS) is 21.5. The van der Waals surface area contributed by atoms with Gasteiger partial charge < -0.3 is 10.1 Å². The number of aryl methyl sites for hydroxylation is 3. The standard InChI is InChI=1S/C31H44N2O2/c1-23(2)19-28-22-35-29-11-6-5-9-27(29)10-7-8-14-31(30(34)32-28)15-17-33(18-16-31)21-26-13-12-24(3)25(4)20-26/h5-6,9,11-13,20,23,28H,7-8,10,14-19,21-22H2,1-4H3,(H,32,34)/t28-/m0/s1. The van der Waals surface area contributed by atoms with Crippen LogP contribution in [-0.4, -0.2) is 36.5 Å². The number of carbonyl (C=O) groups is 1. The summed E-state index contributed by atoms with van der Waals surface area (Å²) in [5.74, 6) is 1.74. The lowest BCUT2D eigenvalue weighted by Crippen LogP contribution is -2.52. The van der Waals surface area contributed by atoms with Crippen molar-refractivity contribution < 1.29 is 9.53 Å². The number of likely N-dealkylation sites (tertiary alicyclic amines) is 1. The van der Waals surface area contributed by atoms with Crippen molar-refractivity contribution in [1.82, 2.24) is 10.2 Å². The minimum absolute atomic E-state index is 0.0421. The van der Waals surface area contributed by atoms with E-state index < -0.39 is 0 Å². The molecule has 1 amide bonds. The Hall–Kier alpha value is -2.33. The Bertz CT molecular complexity index is 991. The molecule has 0 saturated carbocycles. The van der Waals surface area contributed by atoms with Gasteiger partial charge in [-0.05, 0) is 99.7 Å². The third-order valence-electron chi connectivity index (χ3n) is 8.13. The lowest BCUT2D eigenvalue weighted by atomic mass is 9.73. The zero-order valence-corrected chi connectivity index (χ0v) is 22.2. The molecule has 2 aliphatic heterocycles. The van der Waals surface area contributed by atoms with Crippen molar-refractivity contribution in [3.8, 4) is 5.75 Å². The van der Waals surface area contributed by atoms with Gasteiger partial charge in [-0.1, -0.05) is 56.7 Å². The predicted octanol–water partition coefficient (Wildman–Crippen LogP) is 6.22. The Morgan fingerprint density at radius 3 is 2.54 bits per heavy atom. The van der Waals surface area contributed by atoms with Crippen LogP contribution >= 0.6 is 0 Å². The lowest BCUT2D eigenvalue weighted by molar-refractivity contribution is -0.136. The molecular formula is C31H44N2O2. The van der Waals surface area contributed by atoms with E-state index in [-0.39, 0.29) is 17.4 Å². The van der Waals surface area contributed by atoms with Crippen molar-refractivity contribution in [2.45, 2.75) is 85.2 Å². The number of piperidine rings is 1. The van der Waals surface area contributed by atoms with Crippen LogP contribution in [-0.2, 0) is 17.8 Å². The number of carbonyl (C=O) groups excluding carboxylic acids is 1. The van der Waals surface area contributed by atoms with Crippen LogP contribution in [0.3, 0.4) is 0 Å². The number of amides is 1. The molecular weight excluding hydrogens is 432 g/mol. The van der Waals surface area contributed by atoms with E-state index in [4.69, 9.17) is 4.74 Å². The molecule has 1 N–H and O–H groups in total. The van der Waals surface area contributed by atoms with E-state index in [0.717, 1.165) is 70.3 Å². The summed E-state index contributed by atoms with van der Waals surface area (Å²) in [6.07, 6.45) is 6.98. The highest BCUT2D eigenvalue weighted by atomic mass is 16.5. The first-order valence-electron chi connectivity index (χ1n) is 13.6. The highest BCUT2D eigenvalue weighted by Gasteiger charge is 2.41. The van der Waals surface area contributed by atoms with Gasteiger partial charge in [0.15, 0.2) is 0 Å². The van der Waals surface area contributed by atoms with Crippen molar-refractivity contribution >= 4 is 5.91 Å². The van der Waals surface area contributed by atoms with E-state index in [9.17, 15) is 4.79 Å². The monoisotopic (exact) mass is 476 g/mol. The molecule has 4 rings (SSSR count). The fourth-order valence-electron chi connectivity index (χ4n) is 5.79. The molecule has 1 saturated heterocycles. The fraction of sp³-hybridized carbons (Fsp3) is 0.581. The van der Waals surface area contributed by atoms with E-state index in [2.05, 4.69) is 74.3 Å². The SMILES string of the molecule is Cc1ccc(CN2CCC3(CCCCc4ccccc4OC[C@H](CC(C)C)NC3=O)CC2)cc1C. The topological polar surface area (TPSA) is 41.6 Å². The lowest BCUT2D eigenvalue weighted by Gasteiger charge is -2.42. The number of ether oxygens (including phenoxy) is 1. The molecule has 0 bridgehead atoms. The first kappa shape index (κ1) is 25.8. The van der Waals surface area contributed by atoms with Crippen LogP contribution in [0.15, 0.2) is 42.5 Å². The molecule has 2 aliphatic rings. The Kier molecular flexibility index (Phi) is 8.54. The second-order valence-corrected chi connectivity index (χ2v) is 11.4. The highest BCUT2D eigenvalue weighted by molar-refractivity contribution is 5.83. The Morgan fingerprint density at radius 2 is 1.80 bits per heavy atom. The summed E-state index contributed by atoms with van der Waals surface area (Å²) in [5, 5.41) is 3.45.